The van der Waals surface area contributed by atoms with Gasteiger partial charge in [-0.05, 0) is 23.1 Å². The summed E-state index contributed by atoms with van der Waals surface area (Å²) >= 11 is 3.38. The molecule has 0 amide bonds. The maximum absolute atomic E-state index is 8.91. The van der Waals surface area contributed by atoms with Gasteiger partial charge in [0.2, 0.25) is 5.89 Å². The van der Waals surface area contributed by atoms with E-state index in [-0.39, 0.29) is 6.61 Å². The molecule has 2 heterocycles. The van der Waals surface area contributed by atoms with Gasteiger partial charge >= 0.3 is 0 Å². The summed E-state index contributed by atoms with van der Waals surface area (Å²) in [7, 11) is 0. The van der Waals surface area contributed by atoms with Crippen LogP contribution in [0.2, 0.25) is 0 Å². The van der Waals surface area contributed by atoms with Crippen LogP contribution in [0.15, 0.2) is 28.1 Å². The number of hydrogen-bond donors (Lipinski definition) is 1. The van der Waals surface area contributed by atoms with Gasteiger partial charge in [0.25, 0.3) is 0 Å². The Hall–Kier alpha value is -0.780. The van der Waals surface area contributed by atoms with Crippen LogP contribution in [0.4, 0.5) is 0 Å². The molecule has 0 saturated heterocycles. The van der Waals surface area contributed by atoms with Gasteiger partial charge in [-0.1, -0.05) is 13.0 Å². The van der Waals surface area contributed by atoms with Crippen molar-refractivity contribution in [1.29, 1.82) is 0 Å². The summed E-state index contributed by atoms with van der Waals surface area (Å²) in [6.45, 7) is 2.26. The number of rotatable bonds is 6. The van der Waals surface area contributed by atoms with Crippen LogP contribution in [0.1, 0.15) is 12.8 Å². The fraction of sp³-hybridized carbons (Fsp3) is 0.417. The maximum atomic E-state index is 8.91. The lowest BCUT2D eigenvalue weighted by atomic mass is 10.2. The van der Waals surface area contributed by atoms with Crippen molar-refractivity contribution in [3.63, 3.8) is 0 Å². The van der Waals surface area contributed by atoms with Gasteiger partial charge in [-0.25, -0.2) is 4.98 Å². The molecule has 1 N–H and O–H groups in total. The smallest absolute Gasteiger partial charge is 0.204 e. The van der Waals surface area contributed by atoms with E-state index in [2.05, 4.69) is 4.98 Å². The van der Waals surface area contributed by atoms with E-state index in [1.54, 1.807) is 29.3 Å². The number of hydrogen-bond acceptors (Lipinski definition) is 5. The monoisotopic (exact) mass is 269 g/mol. The first-order chi connectivity index (χ1) is 8.29. The number of aromatic nitrogens is 1. The SMILES string of the molecule is C[C@H](CO)CSCc1ncc(-c2cccs2)o1. The molecule has 0 fully saturated rings. The third-order valence-corrected chi connectivity index (χ3v) is 4.40. The molecule has 0 bridgehead atoms. The number of nitrogens with zero attached hydrogens (tertiary/aromatic N) is 1. The van der Waals surface area contributed by atoms with Gasteiger partial charge in [-0.2, -0.15) is 11.8 Å². The topological polar surface area (TPSA) is 46.3 Å². The van der Waals surface area contributed by atoms with Crippen molar-refractivity contribution >= 4 is 23.1 Å². The van der Waals surface area contributed by atoms with Crippen molar-refractivity contribution in [3.8, 4) is 10.6 Å². The molecule has 0 radical (unpaired) electrons. The third-order valence-electron chi connectivity index (χ3n) is 2.26. The molecule has 0 unspecified atom stereocenters. The first-order valence-corrected chi connectivity index (χ1v) is 7.50. The second-order valence-corrected chi connectivity index (χ2v) is 5.88. The van der Waals surface area contributed by atoms with Crippen molar-refractivity contribution in [2.24, 2.45) is 5.92 Å². The van der Waals surface area contributed by atoms with Crippen molar-refractivity contribution in [3.05, 3.63) is 29.6 Å². The average Bonchev–Trinajstić information content (AvgIpc) is 2.98. The molecule has 0 aromatic carbocycles. The van der Waals surface area contributed by atoms with Crippen LogP contribution in [0.3, 0.4) is 0 Å². The van der Waals surface area contributed by atoms with E-state index < -0.39 is 0 Å². The molecular formula is C12H15NO2S2. The minimum absolute atomic E-state index is 0.235. The second kappa shape index (κ2) is 6.23. The van der Waals surface area contributed by atoms with E-state index in [9.17, 15) is 0 Å². The Morgan fingerprint density at radius 2 is 2.47 bits per heavy atom. The third kappa shape index (κ3) is 3.59. The molecule has 3 nitrogen and oxygen atoms in total. The summed E-state index contributed by atoms with van der Waals surface area (Å²) < 4.78 is 5.66. The number of thiophene rings is 1. The van der Waals surface area contributed by atoms with Crippen LogP contribution in [-0.2, 0) is 5.75 Å². The summed E-state index contributed by atoms with van der Waals surface area (Å²) in [5.41, 5.74) is 0. The fourth-order valence-corrected chi connectivity index (χ4v) is 2.91. The van der Waals surface area contributed by atoms with Crippen LogP contribution in [0, 0.1) is 5.92 Å². The molecule has 2 rings (SSSR count). The van der Waals surface area contributed by atoms with E-state index in [0.717, 1.165) is 28.0 Å². The number of thioether (sulfide) groups is 1. The average molecular weight is 269 g/mol. The highest BCUT2D eigenvalue weighted by Crippen LogP contribution is 2.26. The van der Waals surface area contributed by atoms with Crippen LogP contribution in [0.5, 0.6) is 0 Å². The van der Waals surface area contributed by atoms with E-state index >= 15 is 0 Å². The zero-order valence-electron chi connectivity index (χ0n) is 9.63. The highest BCUT2D eigenvalue weighted by atomic mass is 32.2. The van der Waals surface area contributed by atoms with Gasteiger partial charge in [-0.15, -0.1) is 11.3 Å². The van der Waals surface area contributed by atoms with Crippen LogP contribution in [0.25, 0.3) is 10.6 Å². The molecular weight excluding hydrogens is 254 g/mol. The summed E-state index contributed by atoms with van der Waals surface area (Å²) in [5, 5.41) is 10.9. The standard InChI is InChI=1S/C12H15NO2S2/c1-9(6-14)7-16-8-12-13-5-10(15-12)11-3-2-4-17-11/h2-5,9,14H,6-8H2,1H3/t9-/m1/s1. The van der Waals surface area contributed by atoms with Gasteiger partial charge in [-0.3, -0.25) is 0 Å². The van der Waals surface area contributed by atoms with Crippen molar-refractivity contribution in [2.45, 2.75) is 12.7 Å². The normalized spacial score (nSPS) is 12.8. The van der Waals surface area contributed by atoms with Crippen LogP contribution < -0.4 is 0 Å². The van der Waals surface area contributed by atoms with Crippen molar-refractivity contribution in [1.82, 2.24) is 4.98 Å². The Labute approximate surface area is 109 Å². The van der Waals surface area contributed by atoms with E-state index in [1.165, 1.54) is 0 Å². The molecule has 2 aromatic heterocycles. The molecule has 17 heavy (non-hydrogen) atoms. The predicted octanol–water partition coefficient (Wildman–Crippen LogP) is 3.26. The molecule has 1 atom stereocenters. The minimum atomic E-state index is 0.235. The van der Waals surface area contributed by atoms with E-state index in [4.69, 9.17) is 9.52 Å². The molecule has 2 aromatic rings. The highest BCUT2D eigenvalue weighted by molar-refractivity contribution is 7.98. The predicted molar refractivity (Wildman–Crippen MR) is 72.2 cm³/mol. The Balaban J connectivity index is 1.87. The summed E-state index contributed by atoms with van der Waals surface area (Å²) in [6, 6.07) is 4.02. The van der Waals surface area contributed by atoms with Gasteiger partial charge in [0.1, 0.15) is 0 Å². The number of oxazole rings is 1. The van der Waals surface area contributed by atoms with Crippen molar-refractivity contribution in [2.75, 3.05) is 12.4 Å². The Morgan fingerprint density at radius 1 is 1.59 bits per heavy atom. The Kier molecular flexibility index (Phi) is 4.65. The maximum Gasteiger partial charge on any atom is 0.204 e. The van der Waals surface area contributed by atoms with Gasteiger partial charge < -0.3 is 9.52 Å². The molecule has 0 aliphatic carbocycles. The van der Waals surface area contributed by atoms with E-state index in [1.807, 2.05) is 24.4 Å². The lowest BCUT2D eigenvalue weighted by molar-refractivity contribution is 0.250. The zero-order valence-corrected chi connectivity index (χ0v) is 11.3. The minimum Gasteiger partial charge on any atom is -0.439 e. The Bertz CT molecular complexity index is 439. The van der Waals surface area contributed by atoms with Crippen LogP contribution in [-0.4, -0.2) is 22.5 Å². The van der Waals surface area contributed by atoms with Gasteiger partial charge in [0.15, 0.2) is 5.76 Å². The molecule has 5 heteroatoms. The molecule has 0 aliphatic heterocycles. The summed E-state index contributed by atoms with van der Waals surface area (Å²) in [5.74, 6) is 3.60. The van der Waals surface area contributed by atoms with E-state index in [0.29, 0.717) is 5.92 Å². The molecule has 0 spiro atoms. The first-order valence-electron chi connectivity index (χ1n) is 5.46. The zero-order chi connectivity index (χ0) is 12.1. The lowest BCUT2D eigenvalue weighted by Gasteiger charge is -2.04. The van der Waals surface area contributed by atoms with Crippen LogP contribution >= 0.6 is 23.1 Å². The number of aliphatic hydroxyl groups is 1. The summed E-state index contributed by atoms with van der Waals surface area (Å²) in [6.07, 6.45) is 1.77. The van der Waals surface area contributed by atoms with Gasteiger partial charge in [0.05, 0.1) is 16.8 Å². The Morgan fingerprint density at radius 3 is 3.18 bits per heavy atom. The van der Waals surface area contributed by atoms with Gasteiger partial charge in [0, 0.05) is 6.61 Å². The largest absolute Gasteiger partial charge is 0.439 e. The fourth-order valence-electron chi connectivity index (χ4n) is 1.31. The quantitative estimate of drug-likeness (QED) is 0.874. The molecule has 0 aliphatic rings. The molecule has 92 valence electrons. The number of aliphatic hydroxyl groups excluding tert-OH is 1. The van der Waals surface area contributed by atoms with Crippen molar-refractivity contribution < 1.29 is 9.52 Å². The first kappa shape index (κ1) is 12.7. The lowest BCUT2D eigenvalue weighted by Crippen LogP contribution is -2.03. The second-order valence-electron chi connectivity index (χ2n) is 3.90. The molecule has 0 saturated carbocycles. The summed E-state index contributed by atoms with van der Waals surface area (Å²) in [4.78, 5) is 5.36. The highest BCUT2D eigenvalue weighted by Gasteiger charge is 2.08.